The van der Waals surface area contributed by atoms with Gasteiger partial charge < -0.3 is 18.6 Å². The van der Waals surface area contributed by atoms with Crippen LogP contribution in [0.3, 0.4) is 0 Å². The molecule has 0 N–H and O–H groups in total. The van der Waals surface area contributed by atoms with E-state index in [0.717, 1.165) is 0 Å². The zero-order valence-corrected chi connectivity index (χ0v) is 12.9. The van der Waals surface area contributed by atoms with Crippen LogP contribution in [0.15, 0.2) is 45.8 Å². The molecule has 0 unspecified atom stereocenters. The predicted molar refractivity (Wildman–Crippen MR) is 83.5 cm³/mol. The molecule has 7 nitrogen and oxygen atoms in total. The topological polar surface area (TPSA) is 79.4 Å². The van der Waals surface area contributed by atoms with E-state index in [1.54, 1.807) is 51.7 Å². The van der Waals surface area contributed by atoms with E-state index < -0.39 is 0 Å². The number of nitrogens with zero attached hydrogens (tertiary/aromatic N) is 3. The first-order valence-electron chi connectivity index (χ1n) is 6.85. The highest BCUT2D eigenvalue weighted by Gasteiger charge is 2.15. The third-order valence-corrected chi connectivity index (χ3v) is 3.43. The summed E-state index contributed by atoms with van der Waals surface area (Å²) in [6, 6.07) is 8.50. The van der Waals surface area contributed by atoms with Gasteiger partial charge in [-0.2, -0.15) is 4.98 Å². The normalized spacial score (nSPS) is 10.6. The van der Waals surface area contributed by atoms with E-state index in [-0.39, 0.29) is 11.4 Å². The van der Waals surface area contributed by atoms with Crippen molar-refractivity contribution >= 4 is 0 Å². The van der Waals surface area contributed by atoms with Gasteiger partial charge >= 0.3 is 0 Å². The molecule has 118 valence electrons. The molecule has 0 radical (unpaired) electrons. The van der Waals surface area contributed by atoms with Crippen molar-refractivity contribution in [3.05, 3.63) is 46.9 Å². The number of aromatic nitrogens is 3. The summed E-state index contributed by atoms with van der Waals surface area (Å²) in [6.45, 7) is 0. The molecule has 0 bridgehead atoms. The standard InChI is InChI=1S/C16H15N3O4/c1-19-7-6-10(8-14(19)20)16-17-15(18-23-16)12-5-4-11(21-2)9-13(12)22-3/h4-9H,1-3H3. The Morgan fingerprint density at radius 2 is 1.96 bits per heavy atom. The first-order chi connectivity index (χ1) is 11.1. The minimum Gasteiger partial charge on any atom is -0.497 e. The number of aryl methyl sites for hydroxylation is 1. The fraction of sp³-hybridized carbons (Fsp3) is 0.188. The lowest BCUT2D eigenvalue weighted by Gasteiger charge is -2.07. The number of hydrogen-bond donors (Lipinski definition) is 0. The van der Waals surface area contributed by atoms with Crippen molar-refractivity contribution in [2.75, 3.05) is 14.2 Å². The molecule has 0 atom stereocenters. The van der Waals surface area contributed by atoms with Crippen LogP contribution in [0, 0.1) is 0 Å². The number of hydrogen-bond acceptors (Lipinski definition) is 6. The first kappa shape index (κ1) is 14.8. The van der Waals surface area contributed by atoms with Crippen molar-refractivity contribution in [1.82, 2.24) is 14.7 Å². The highest BCUT2D eigenvalue weighted by molar-refractivity contribution is 5.67. The maximum absolute atomic E-state index is 11.7. The van der Waals surface area contributed by atoms with Crippen LogP contribution in [0.4, 0.5) is 0 Å². The van der Waals surface area contributed by atoms with Crippen molar-refractivity contribution < 1.29 is 14.0 Å². The van der Waals surface area contributed by atoms with Gasteiger partial charge in [0.05, 0.1) is 19.8 Å². The Morgan fingerprint density at radius 1 is 1.13 bits per heavy atom. The van der Waals surface area contributed by atoms with Gasteiger partial charge in [-0.05, 0) is 18.2 Å². The largest absolute Gasteiger partial charge is 0.497 e. The number of ether oxygens (including phenoxy) is 2. The molecule has 23 heavy (non-hydrogen) atoms. The fourth-order valence-corrected chi connectivity index (χ4v) is 2.11. The molecule has 2 heterocycles. The number of benzene rings is 1. The van der Waals surface area contributed by atoms with E-state index >= 15 is 0 Å². The molecule has 0 saturated heterocycles. The molecule has 0 aliphatic rings. The van der Waals surface area contributed by atoms with Crippen LogP contribution in [-0.2, 0) is 7.05 Å². The second-order valence-corrected chi connectivity index (χ2v) is 4.85. The van der Waals surface area contributed by atoms with E-state index in [9.17, 15) is 4.79 Å². The Labute approximate surface area is 132 Å². The van der Waals surface area contributed by atoms with Gasteiger partial charge in [0.1, 0.15) is 11.5 Å². The van der Waals surface area contributed by atoms with Crippen molar-refractivity contribution in [3.63, 3.8) is 0 Å². The van der Waals surface area contributed by atoms with E-state index in [0.29, 0.717) is 28.5 Å². The van der Waals surface area contributed by atoms with Gasteiger partial charge in [0.2, 0.25) is 5.82 Å². The lowest BCUT2D eigenvalue weighted by atomic mass is 10.2. The molecule has 0 fully saturated rings. The van der Waals surface area contributed by atoms with Crippen molar-refractivity contribution in [3.8, 4) is 34.3 Å². The zero-order valence-electron chi connectivity index (χ0n) is 12.9. The Hall–Kier alpha value is -3.09. The van der Waals surface area contributed by atoms with Crippen molar-refractivity contribution in [2.24, 2.45) is 7.05 Å². The Kier molecular flexibility index (Phi) is 3.84. The van der Waals surface area contributed by atoms with Gasteiger partial charge in [0, 0.05) is 30.9 Å². The quantitative estimate of drug-likeness (QED) is 0.734. The third-order valence-electron chi connectivity index (χ3n) is 3.43. The molecule has 1 aromatic carbocycles. The molecule has 0 aliphatic carbocycles. The summed E-state index contributed by atoms with van der Waals surface area (Å²) in [6.07, 6.45) is 1.65. The van der Waals surface area contributed by atoms with Gasteiger partial charge in [0.25, 0.3) is 11.4 Å². The van der Waals surface area contributed by atoms with Gasteiger partial charge in [-0.1, -0.05) is 5.16 Å². The molecule has 0 aliphatic heterocycles. The predicted octanol–water partition coefficient (Wildman–Crippen LogP) is 2.12. The Balaban J connectivity index is 2.02. The maximum atomic E-state index is 11.7. The lowest BCUT2D eigenvalue weighted by Crippen LogP contribution is -2.14. The summed E-state index contributed by atoms with van der Waals surface area (Å²) in [4.78, 5) is 16.0. The number of methoxy groups -OCH3 is 2. The van der Waals surface area contributed by atoms with E-state index in [4.69, 9.17) is 14.0 Å². The molecule has 0 amide bonds. The van der Waals surface area contributed by atoms with Crippen molar-refractivity contribution in [1.29, 1.82) is 0 Å². The third kappa shape index (κ3) is 2.80. The summed E-state index contributed by atoms with van der Waals surface area (Å²) in [7, 11) is 4.81. The van der Waals surface area contributed by atoms with Crippen LogP contribution in [0.2, 0.25) is 0 Å². The molecule has 7 heteroatoms. The highest BCUT2D eigenvalue weighted by Crippen LogP contribution is 2.32. The minimum absolute atomic E-state index is 0.149. The average molecular weight is 313 g/mol. The smallest absolute Gasteiger partial charge is 0.258 e. The SMILES string of the molecule is COc1ccc(-c2noc(-c3ccn(C)c(=O)c3)n2)c(OC)c1. The number of rotatable bonds is 4. The van der Waals surface area contributed by atoms with Gasteiger partial charge in [-0.3, -0.25) is 4.79 Å². The fourth-order valence-electron chi connectivity index (χ4n) is 2.11. The molecule has 0 spiro atoms. The Bertz CT molecular complexity index is 898. The van der Waals surface area contributed by atoms with Crippen LogP contribution in [0.5, 0.6) is 11.5 Å². The first-order valence-corrected chi connectivity index (χ1v) is 6.85. The van der Waals surface area contributed by atoms with Crippen molar-refractivity contribution in [2.45, 2.75) is 0 Å². The molecular weight excluding hydrogens is 298 g/mol. The summed E-state index contributed by atoms with van der Waals surface area (Å²) in [5.41, 5.74) is 1.09. The lowest BCUT2D eigenvalue weighted by molar-refractivity contribution is 0.394. The van der Waals surface area contributed by atoms with E-state index in [2.05, 4.69) is 10.1 Å². The Morgan fingerprint density at radius 3 is 2.65 bits per heavy atom. The molecule has 3 rings (SSSR count). The molecule has 0 saturated carbocycles. The minimum atomic E-state index is -0.149. The van der Waals surface area contributed by atoms with E-state index in [1.807, 2.05) is 0 Å². The van der Waals surface area contributed by atoms with Crippen LogP contribution in [0.1, 0.15) is 0 Å². The summed E-state index contributed by atoms with van der Waals surface area (Å²) in [5, 5.41) is 3.96. The van der Waals surface area contributed by atoms with Crippen LogP contribution >= 0.6 is 0 Å². The molecule has 2 aromatic heterocycles. The van der Waals surface area contributed by atoms with Gasteiger partial charge in [-0.25, -0.2) is 0 Å². The summed E-state index contributed by atoms with van der Waals surface area (Å²) >= 11 is 0. The summed E-state index contributed by atoms with van der Waals surface area (Å²) in [5.74, 6) is 1.89. The van der Waals surface area contributed by atoms with Gasteiger partial charge in [0.15, 0.2) is 0 Å². The second-order valence-electron chi connectivity index (χ2n) is 4.85. The highest BCUT2D eigenvalue weighted by atomic mass is 16.5. The molecule has 3 aromatic rings. The zero-order chi connectivity index (χ0) is 16.4. The summed E-state index contributed by atoms with van der Waals surface area (Å²) < 4.78 is 17.2. The van der Waals surface area contributed by atoms with Gasteiger partial charge in [-0.15, -0.1) is 0 Å². The monoisotopic (exact) mass is 313 g/mol. The van der Waals surface area contributed by atoms with E-state index in [1.165, 1.54) is 10.6 Å². The maximum Gasteiger partial charge on any atom is 0.258 e. The number of pyridine rings is 1. The molecular formula is C16H15N3O4. The average Bonchev–Trinajstić information content (AvgIpc) is 3.06. The second kappa shape index (κ2) is 5.96. The van der Waals surface area contributed by atoms with Crippen LogP contribution < -0.4 is 15.0 Å². The van der Waals surface area contributed by atoms with Crippen LogP contribution in [0.25, 0.3) is 22.8 Å². The van der Waals surface area contributed by atoms with Crippen LogP contribution in [-0.4, -0.2) is 28.9 Å².